The van der Waals surface area contributed by atoms with E-state index in [4.69, 9.17) is 5.73 Å². The van der Waals surface area contributed by atoms with Crippen LogP contribution >= 0.6 is 0 Å². The third-order valence-corrected chi connectivity index (χ3v) is 5.60. The maximum Gasteiger partial charge on any atom is 0.255 e. The molecule has 2 amide bonds. The number of hydrogen-bond donors (Lipinski definition) is 2. The number of anilines is 1. The Morgan fingerprint density at radius 3 is 2.17 bits per heavy atom. The van der Waals surface area contributed by atoms with E-state index in [1.54, 1.807) is 30.3 Å². The molecule has 184 valence electrons. The zero-order valence-electron chi connectivity index (χ0n) is 20.3. The van der Waals surface area contributed by atoms with E-state index < -0.39 is 17.5 Å². The summed E-state index contributed by atoms with van der Waals surface area (Å²) in [5.41, 5.74) is 8.56. The number of rotatable bonds is 8. The highest BCUT2D eigenvalue weighted by Crippen LogP contribution is 2.23. The van der Waals surface area contributed by atoms with E-state index in [1.807, 2.05) is 18.2 Å². The number of amides is 2. The minimum atomic E-state index is -0.813. The second kappa shape index (κ2) is 11.2. The largest absolute Gasteiger partial charge is 0.334 e. The number of carbonyl (C=O) groups excluding carboxylic acids is 2. The van der Waals surface area contributed by atoms with E-state index in [0.717, 1.165) is 29.3 Å². The highest BCUT2D eigenvalue weighted by atomic mass is 19.1. The van der Waals surface area contributed by atoms with E-state index in [-0.39, 0.29) is 23.4 Å². The van der Waals surface area contributed by atoms with Gasteiger partial charge in [0, 0.05) is 36.0 Å². The topological polar surface area (TPSA) is 75.4 Å². The molecule has 0 spiro atoms. The molecule has 0 saturated heterocycles. The lowest BCUT2D eigenvalue weighted by Crippen LogP contribution is -2.32. The summed E-state index contributed by atoms with van der Waals surface area (Å²) in [7, 11) is 0. The normalized spacial score (nSPS) is 11.3. The van der Waals surface area contributed by atoms with Gasteiger partial charge in [-0.25, -0.2) is 8.78 Å². The molecule has 0 aliphatic heterocycles. The lowest BCUT2D eigenvalue weighted by atomic mass is 9.87. The molecule has 0 saturated carbocycles. The number of carbonyl (C=O) groups is 2. The van der Waals surface area contributed by atoms with Crippen molar-refractivity contribution in [3.63, 3.8) is 0 Å². The predicted molar refractivity (Wildman–Crippen MR) is 134 cm³/mol. The Bertz CT molecular complexity index is 1170. The summed E-state index contributed by atoms with van der Waals surface area (Å²) >= 11 is 0. The summed E-state index contributed by atoms with van der Waals surface area (Å²) in [5.74, 6) is -2.36. The molecule has 35 heavy (non-hydrogen) atoms. The molecule has 0 heterocycles. The Balaban J connectivity index is 1.75. The average Bonchev–Trinajstić information content (AvgIpc) is 2.80. The quantitative estimate of drug-likeness (QED) is 0.448. The molecule has 0 fully saturated rings. The molecular formula is C28H31F2N3O2. The van der Waals surface area contributed by atoms with Crippen LogP contribution in [0.2, 0.25) is 0 Å². The highest BCUT2D eigenvalue weighted by Gasteiger charge is 2.18. The van der Waals surface area contributed by atoms with Gasteiger partial charge in [0.1, 0.15) is 11.6 Å². The third kappa shape index (κ3) is 7.20. The van der Waals surface area contributed by atoms with Gasteiger partial charge in [0.2, 0.25) is 0 Å². The van der Waals surface area contributed by atoms with E-state index in [0.29, 0.717) is 30.8 Å². The highest BCUT2D eigenvalue weighted by molar-refractivity contribution is 6.04. The molecule has 0 aliphatic rings. The fourth-order valence-electron chi connectivity index (χ4n) is 3.69. The van der Waals surface area contributed by atoms with Crippen LogP contribution in [0.25, 0.3) is 0 Å². The number of nitrogens with two attached hydrogens (primary N) is 1. The van der Waals surface area contributed by atoms with Crippen LogP contribution < -0.4 is 11.1 Å². The number of nitrogens with one attached hydrogen (secondary N) is 1. The van der Waals surface area contributed by atoms with Gasteiger partial charge in [0.25, 0.3) is 11.8 Å². The summed E-state index contributed by atoms with van der Waals surface area (Å²) < 4.78 is 27.3. The summed E-state index contributed by atoms with van der Waals surface area (Å²) in [6.07, 6.45) is 0.532. The predicted octanol–water partition coefficient (Wildman–Crippen LogP) is 5.51. The van der Waals surface area contributed by atoms with Crippen molar-refractivity contribution in [2.45, 2.75) is 39.2 Å². The van der Waals surface area contributed by atoms with Crippen molar-refractivity contribution in [3.8, 4) is 0 Å². The molecule has 3 rings (SSSR count). The average molecular weight is 480 g/mol. The lowest BCUT2D eigenvalue weighted by Gasteiger charge is -2.23. The van der Waals surface area contributed by atoms with Gasteiger partial charge in [0.05, 0.1) is 0 Å². The van der Waals surface area contributed by atoms with Crippen LogP contribution in [0.3, 0.4) is 0 Å². The van der Waals surface area contributed by atoms with Crippen molar-refractivity contribution in [2.24, 2.45) is 5.73 Å². The zero-order chi connectivity index (χ0) is 25.6. The van der Waals surface area contributed by atoms with E-state index in [9.17, 15) is 18.4 Å². The Morgan fingerprint density at radius 2 is 1.57 bits per heavy atom. The first kappa shape index (κ1) is 26.0. The number of halogens is 2. The Kier molecular flexibility index (Phi) is 8.35. The van der Waals surface area contributed by atoms with Crippen LogP contribution in [0.4, 0.5) is 14.5 Å². The number of benzene rings is 3. The smallest absolute Gasteiger partial charge is 0.255 e. The molecule has 3 aromatic carbocycles. The van der Waals surface area contributed by atoms with E-state index in [1.165, 1.54) is 4.90 Å². The van der Waals surface area contributed by atoms with Crippen molar-refractivity contribution in [1.29, 1.82) is 0 Å². The molecule has 3 aromatic rings. The maximum absolute atomic E-state index is 13.7. The first-order chi connectivity index (χ1) is 16.6. The van der Waals surface area contributed by atoms with Gasteiger partial charge in [-0.1, -0.05) is 45.0 Å². The van der Waals surface area contributed by atoms with Crippen molar-refractivity contribution in [3.05, 3.63) is 101 Å². The van der Waals surface area contributed by atoms with Crippen LogP contribution in [0.15, 0.2) is 66.7 Å². The molecule has 0 bridgehead atoms. The van der Waals surface area contributed by atoms with Crippen molar-refractivity contribution >= 4 is 17.5 Å². The summed E-state index contributed by atoms with van der Waals surface area (Å²) in [5, 5.41) is 2.89. The number of hydrogen-bond acceptors (Lipinski definition) is 3. The van der Waals surface area contributed by atoms with Crippen molar-refractivity contribution in [1.82, 2.24) is 4.90 Å². The monoisotopic (exact) mass is 479 g/mol. The van der Waals surface area contributed by atoms with E-state index in [2.05, 4.69) is 26.1 Å². The first-order valence-electron chi connectivity index (χ1n) is 11.5. The molecular weight excluding hydrogens is 448 g/mol. The van der Waals surface area contributed by atoms with Gasteiger partial charge in [-0.2, -0.15) is 0 Å². The molecule has 0 radical (unpaired) electrons. The van der Waals surface area contributed by atoms with Crippen molar-refractivity contribution < 1.29 is 18.4 Å². The zero-order valence-corrected chi connectivity index (χ0v) is 20.3. The van der Waals surface area contributed by atoms with Crippen LogP contribution in [0.5, 0.6) is 0 Å². The first-order valence-corrected chi connectivity index (χ1v) is 11.5. The Hall–Kier alpha value is -3.58. The summed E-state index contributed by atoms with van der Waals surface area (Å²) in [6.45, 7) is 7.22. The van der Waals surface area contributed by atoms with Gasteiger partial charge in [-0.15, -0.1) is 0 Å². The molecule has 3 N–H and O–H groups in total. The minimum Gasteiger partial charge on any atom is -0.334 e. The van der Waals surface area contributed by atoms with E-state index >= 15 is 0 Å². The molecule has 5 nitrogen and oxygen atoms in total. The van der Waals surface area contributed by atoms with Crippen LogP contribution in [0, 0.1) is 11.6 Å². The molecule has 0 atom stereocenters. The standard InChI is InChI=1S/C28H31F2N3O2/c1-28(2,3)22-10-8-20(9-11-22)26(34)32-25-7-4-6-19(14-25)18-33(13-5-12-31)27(35)21-15-23(29)17-24(30)16-21/h4,6-11,14-17H,5,12-13,18,31H2,1-3H3,(H,32,34). The Labute approximate surface area is 204 Å². The Morgan fingerprint density at radius 1 is 0.914 bits per heavy atom. The maximum atomic E-state index is 13.7. The summed E-state index contributed by atoms with van der Waals surface area (Å²) in [4.78, 5) is 27.2. The van der Waals surface area contributed by atoms with Crippen LogP contribution in [-0.4, -0.2) is 29.8 Å². The fourth-order valence-corrected chi connectivity index (χ4v) is 3.69. The van der Waals surface area contributed by atoms with Crippen LogP contribution in [-0.2, 0) is 12.0 Å². The molecule has 0 aromatic heterocycles. The van der Waals surface area contributed by atoms with Gasteiger partial charge in [-0.05, 0) is 65.9 Å². The summed E-state index contributed by atoms with van der Waals surface area (Å²) in [6, 6.07) is 17.4. The van der Waals surface area contributed by atoms with Gasteiger partial charge in [-0.3, -0.25) is 9.59 Å². The van der Waals surface area contributed by atoms with Crippen LogP contribution in [0.1, 0.15) is 59.0 Å². The second-order valence-electron chi connectivity index (χ2n) is 9.51. The van der Waals surface area contributed by atoms with Gasteiger partial charge >= 0.3 is 0 Å². The molecule has 7 heteroatoms. The van der Waals surface area contributed by atoms with Gasteiger partial charge < -0.3 is 16.0 Å². The fraction of sp³-hybridized carbons (Fsp3) is 0.286. The SMILES string of the molecule is CC(C)(C)c1ccc(C(=O)Nc2cccc(CN(CCCN)C(=O)c3cc(F)cc(F)c3)c2)cc1. The molecule has 0 unspecified atom stereocenters. The molecule has 0 aliphatic carbocycles. The van der Waals surface area contributed by atoms with Gasteiger partial charge in [0.15, 0.2) is 0 Å². The van der Waals surface area contributed by atoms with Crippen molar-refractivity contribution in [2.75, 3.05) is 18.4 Å². The second-order valence-corrected chi connectivity index (χ2v) is 9.51. The number of nitrogens with zero attached hydrogens (tertiary/aromatic N) is 1. The lowest BCUT2D eigenvalue weighted by molar-refractivity contribution is 0.0741. The third-order valence-electron chi connectivity index (χ3n) is 5.60. The minimum absolute atomic E-state index is 0.00612.